The Balaban J connectivity index is 1.97. The molecule has 1 aliphatic rings. The van der Waals surface area contributed by atoms with Gasteiger partial charge in [0, 0.05) is 25.7 Å². The number of piperazine rings is 1. The molecule has 0 amide bonds. The number of anilines is 1. The monoisotopic (exact) mass is 218 g/mol. The van der Waals surface area contributed by atoms with Gasteiger partial charge < -0.3 is 10.2 Å². The molecule has 0 bridgehead atoms. The molecule has 0 saturated carbocycles. The second-order valence-corrected chi connectivity index (χ2v) is 4.07. The van der Waals surface area contributed by atoms with Crippen LogP contribution < -0.4 is 10.2 Å². The first-order valence-electron chi connectivity index (χ1n) is 5.49. The summed E-state index contributed by atoms with van der Waals surface area (Å²) in [6.07, 6.45) is 1.63. The zero-order valence-corrected chi connectivity index (χ0v) is 9.17. The second-order valence-electron chi connectivity index (χ2n) is 4.07. The van der Waals surface area contributed by atoms with E-state index in [1.54, 1.807) is 10.8 Å². The summed E-state index contributed by atoms with van der Waals surface area (Å²) in [5.41, 5.74) is 0.784. The highest BCUT2D eigenvalue weighted by Crippen LogP contribution is 2.15. The fourth-order valence-corrected chi connectivity index (χ4v) is 2.05. The second kappa shape index (κ2) is 3.71. The molecule has 0 radical (unpaired) electrons. The lowest BCUT2D eigenvalue weighted by atomic mass is 10.2. The maximum Gasteiger partial charge on any atom is 0.177 e. The van der Waals surface area contributed by atoms with Crippen molar-refractivity contribution in [3.05, 3.63) is 18.5 Å². The van der Waals surface area contributed by atoms with Gasteiger partial charge in [-0.2, -0.15) is 4.52 Å². The molecule has 6 nitrogen and oxygen atoms in total. The van der Waals surface area contributed by atoms with Crippen molar-refractivity contribution in [1.82, 2.24) is 25.1 Å². The molecule has 1 unspecified atom stereocenters. The minimum Gasteiger partial charge on any atom is -0.350 e. The number of fused-ring (bicyclic) bond motifs is 1. The van der Waals surface area contributed by atoms with Gasteiger partial charge in [0.2, 0.25) is 0 Å². The van der Waals surface area contributed by atoms with E-state index < -0.39 is 0 Å². The van der Waals surface area contributed by atoms with Crippen LogP contribution in [0.5, 0.6) is 0 Å². The van der Waals surface area contributed by atoms with E-state index >= 15 is 0 Å². The minimum atomic E-state index is 0.468. The van der Waals surface area contributed by atoms with Crippen LogP contribution in [0, 0.1) is 0 Å². The summed E-state index contributed by atoms with van der Waals surface area (Å²) in [6.45, 7) is 5.19. The van der Waals surface area contributed by atoms with Crippen LogP contribution in [-0.2, 0) is 0 Å². The molecule has 1 saturated heterocycles. The van der Waals surface area contributed by atoms with Crippen LogP contribution in [0.25, 0.3) is 5.65 Å². The topological polar surface area (TPSA) is 58.3 Å². The van der Waals surface area contributed by atoms with Gasteiger partial charge in [0.25, 0.3) is 0 Å². The zero-order chi connectivity index (χ0) is 11.0. The molecule has 84 valence electrons. The largest absolute Gasteiger partial charge is 0.350 e. The number of nitrogens with one attached hydrogen (secondary N) is 1. The first kappa shape index (κ1) is 9.53. The quantitative estimate of drug-likeness (QED) is 0.725. The number of hydrogen-bond acceptors (Lipinski definition) is 5. The van der Waals surface area contributed by atoms with Crippen LogP contribution in [-0.4, -0.2) is 45.5 Å². The van der Waals surface area contributed by atoms with Gasteiger partial charge in [0.1, 0.15) is 12.1 Å². The summed E-state index contributed by atoms with van der Waals surface area (Å²) >= 11 is 0. The molecule has 1 fully saturated rings. The summed E-state index contributed by atoms with van der Waals surface area (Å²) in [6, 6.07) is 4.42. The molecule has 3 heterocycles. The SMILES string of the molecule is CC1CNCCN1c1ccc2nncn2n1. The molecule has 1 N–H and O–H groups in total. The van der Waals surface area contributed by atoms with Gasteiger partial charge in [-0.3, -0.25) is 0 Å². The molecular formula is C10H14N6. The maximum atomic E-state index is 4.50. The van der Waals surface area contributed by atoms with E-state index in [0.717, 1.165) is 31.1 Å². The molecule has 0 aromatic carbocycles. The van der Waals surface area contributed by atoms with E-state index in [-0.39, 0.29) is 0 Å². The highest BCUT2D eigenvalue weighted by atomic mass is 15.4. The van der Waals surface area contributed by atoms with Crippen LogP contribution >= 0.6 is 0 Å². The summed E-state index contributed by atoms with van der Waals surface area (Å²) in [7, 11) is 0. The van der Waals surface area contributed by atoms with Crippen molar-refractivity contribution < 1.29 is 0 Å². The van der Waals surface area contributed by atoms with Crippen molar-refractivity contribution in [3.8, 4) is 0 Å². The van der Waals surface area contributed by atoms with Gasteiger partial charge >= 0.3 is 0 Å². The third-order valence-corrected chi connectivity index (χ3v) is 2.94. The number of nitrogens with zero attached hydrogens (tertiary/aromatic N) is 5. The number of aromatic nitrogens is 4. The normalized spacial score (nSPS) is 21.6. The Morgan fingerprint density at radius 3 is 3.25 bits per heavy atom. The zero-order valence-electron chi connectivity index (χ0n) is 9.17. The highest BCUT2D eigenvalue weighted by molar-refractivity contribution is 5.46. The Morgan fingerprint density at radius 2 is 2.38 bits per heavy atom. The van der Waals surface area contributed by atoms with E-state index in [4.69, 9.17) is 0 Å². The molecule has 1 aliphatic heterocycles. The Kier molecular flexibility index (Phi) is 2.21. The van der Waals surface area contributed by atoms with E-state index in [0.29, 0.717) is 6.04 Å². The van der Waals surface area contributed by atoms with Gasteiger partial charge in [-0.1, -0.05) is 0 Å². The van der Waals surface area contributed by atoms with Gasteiger partial charge in [0.05, 0.1) is 0 Å². The van der Waals surface area contributed by atoms with Crippen molar-refractivity contribution in [3.63, 3.8) is 0 Å². The third kappa shape index (κ3) is 1.51. The van der Waals surface area contributed by atoms with Crippen LogP contribution in [0.3, 0.4) is 0 Å². The summed E-state index contributed by atoms with van der Waals surface area (Å²) in [5.74, 6) is 0.987. The Bertz CT molecular complexity index is 493. The average Bonchev–Trinajstić information content (AvgIpc) is 2.76. The van der Waals surface area contributed by atoms with E-state index in [1.165, 1.54) is 0 Å². The molecule has 16 heavy (non-hydrogen) atoms. The molecule has 2 aromatic heterocycles. The molecule has 6 heteroatoms. The Hall–Kier alpha value is -1.69. The van der Waals surface area contributed by atoms with Gasteiger partial charge in [-0.15, -0.1) is 15.3 Å². The van der Waals surface area contributed by atoms with Gasteiger partial charge in [-0.05, 0) is 19.1 Å². The standard InChI is InChI=1S/C10H14N6/c1-8-6-11-4-5-15(8)10-3-2-9-13-12-7-16(9)14-10/h2-3,7-8,11H,4-6H2,1H3. The molecule has 3 rings (SSSR count). The van der Waals surface area contributed by atoms with Crippen molar-refractivity contribution in [2.24, 2.45) is 0 Å². The maximum absolute atomic E-state index is 4.50. The van der Waals surface area contributed by atoms with Crippen molar-refractivity contribution in [1.29, 1.82) is 0 Å². The van der Waals surface area contributed by atoms with Crippen molar-refractivity contribution >= 4 is 11.5 Å². The molecule has 0 spiro atoms. The van der Waals surface area contributed by atoms with Gasteiger partial charge in [0.15, 0.2) is 5.65 Å². The Morgan fingerprint density at radius 1 is 1.44 bits per heavy atom. The summed E-state index contributed by atoms with van der Waals surface area (Å²) < 4.78 is 1.71. The fourth-order valence-electron chi connectivity index (χ4n) is 2.05. The van der Waals surface area contributed by atoms with Crippen molar-refractivity contribution in [2.75, 3.05) is 24.5 Å². The van der Waals surface area contributed by atoms with Crippen LogP contribution in [0.1, 0.15) is 6.92 Å². The average molecular weight is 218 g/mol. The molecule has 2 aromatic rings. The van der Waals surface area contributed by atoms with Crippen LogP contribution in [0.15, 0.2) is 18.5 Å². The summed E-state index contributed by atoms with van der Waals surface area (Å²) in [4.78, 5) is 2.30. The first-order valence-corrected chi connectivity index (χ1v) is 5.49. The minimum absolute atomic E-state index is 0.468. The third-order valence-electron chi connectivity index (χ3n) is 2.94. The highest BCUT2D eigenvalue weighted by Gasteiger charge is 2.19. The van der Waals surface area contributed by atoms with Crippen LogP contribution in [0.2, 0.25) is 0 Å². The lowest BCUT2D eigenvalue weighted by Gasteiger charge is -2.34. The molecule has 0 aliphatic carbocycles. The number of hydrogen-bond donors (Lipinski definition) is 1. The predicted molar refractivity (Wildman–Crippen MR) is 60.5 cm³/mol. The van der Waals surface area contributed by atoms with Gasteiger partial charge in [-0.25, -0.2) is 0 Å². The first-order chi connectivity index (χ1) is 7.84. The lowest BCUT2D eigenvalue weighted by molar-refractivity contribution is 0.495. The molecule has 1 atom stereocenters. The van der Waals surface area contributed by atoms with E-state index in [2.05, 4.69) is 32.4 Å². The predicted octanol–water partition coefficient (Wildman–Crippen LogP) is -0.0776. The lowest BCUT2D eigenvalue weighted by Crippen LogP contribution is -2.50. The number of rotatable bonds is 1. The van der Waals surface area contributed by atoms with E-state index in [1.807, 2.05) is 12.1 Å². The Labute approximate surface area is 93.3 Å². The van der Waals surface area contributed by atoms with Crippen molar-refractivity contribution in [2.45, 2.75) is 13.0 Å². The van der Waals surface area contributed by atoms with Crippen LogP contribution in [0.4, 0.5) is 5.82 Å². The smallest absolute Gasteiger partial charge is 0.177 e. The fraction of sp³-hybridized carbons (Fsp3) is 0.500. The van der Waals surface area contributed by atoms with E-state index in [9.17, 15) is 0 Å². The molecular weight excluding hydrogens is 204 g/mol. The summed E-state index contributed by atoms with van der Waals surface area (Å²) in [5, 5.41) is 15.6.